The second-order valence-electron chi connectivity index (χ2n) is 6.61. The maximum atomic E-state index is 4.27. The van der Waals surface area contributed by atoms with Crippen molar-refractivity contribution in [3.8, 4) is 0 Å². The van der Waals surface area contributed by atoms with Crippen LogP contribution in [0.15, 0.2) is 24.5 Å². The van der Waals surface area contributed by atoms with E-state index in [9.17, 15) is 0 Å². The molecule has 0 amide bonds. The Morgan fingerprint density at radius 3 is 2.85 bits per heavy atom. The van der Waals surface area contributed by atoms with Crippen LogP contribution in [0.3, 0.4) is 0 Å². The number of fused-ring (bicyclic) bond motifs is 1. The fourth-order valence-electron chi connectivity index (χ4n) is 4.43. The minimum absolute atomic E-state index is 0.468. The van der Waals surface area contributed by atoms with Gasteiger partial charge in [-0.1, -0.05) is 18.9 Å². The minimum atomic E-state index is 0.468. The van der Waals surface area contributed by atoms with Crippen LogP contribution in [-0.2, 0) is 0 Å². The second-order valence-corrected chi connectivity index (χ2v) is 6.61. The van der Waals surface area contributed by atoms with Crippen molar-refractivity contribution in [2.75, 3.05) is 6.54 Å². The highest BCUT2D eigenvalue weighted by Gasteiger charge is 2.44. The van der Waals surface area contributed by atoms with Gasteiger partial charge >= 0.3 is 0 Å². The smallest absolute Gasteiger partial charge is 0.0382 e. The van der Waals surface area contributed by atoms with Gasteiger partial charge in [-0.2, -0.15) is 0 Å². The fourth-order valence-corrected chi connectivity index (χ4v) is 4.43. The average Bonchev–Trinajstić information content (AvgIpc) is 3.16. The predicted octanol–water partition coefficient (Wildman–Crippen LogP) is 1.77. The van der Waals surface area contributed by atoms with Gasteiger partial charge in [-0.05, 0) is 42.7 Å². The van der Waals surface area contributed by atoms with E-state index in [2.05, 4.69) is 27.2 Å². The van der Waals surface area contributed by atoms with Gasteiger partial charge in [0.2, 0.25) is 0 Å². The maximum absolute atomic E-state index is 4.27. The lowest BCUT2D eigenvalue weighted by atomic mass is 9.78. The molecule has 3 aliphatic rings. The highest BCUT2D eigenvalue weighted by molar-refractivity contribution is 5.16. The summed E-state index contributed by atoms with van der Waals surface area (Å²) in [6.45, 7) is 1.06. The Bertz CT molecular complexity index is 443. The molecule has 1 aliphatic carbocycles. The first-order chi connectivity index (χ1) is 9.92. The molecule has 4 nitrogen and oxygen atoms in total. The van der Waals surface area contributed by atoms with Crippen molar-refractivity contribution < 1.29 is 0 Å². The minimum Gasteiger partial charge on any atom is -0.308 e. The summed E-state index contributed by atoms with van der Waals surface area (Å²) < 4.78 is 0. The van der Waals surface area contributed by atoms with E-state index < -0.39 is 0 Å². The molecule has 1 aromatic heterocycles. The molecule has 3 N–H and O–H groups in total. The van der Waals surface area contributed by atoms with Gasteiger partial charge in [0.1, 0.15) is 0 Å². The summed E-state index contributed by atoms with van der Waals surface area (Å²) in [5.41, 5.74) is 8.47. The van der Waals surface area contributed by atoms with Gasteiger partial charge < -0.3 is 5.32 Å². The van der Waals surface area contributed by atoms with Gasteiger partial charge in [-0.3, -0.25) is 15.8 Å². The Morgan fingerprint density at radius 2 is 2.05 bits per heavy atom. The number of pyridine rings is 1. The molecule has 0 aromatic carbocycles. The Morgan fingerprint density at radius 1 is 1.15 bits per heavy atom. The molecule has 3 fully saturated rings. The summed E-state index contributed by atoms with van der Waals surface area (Å²) in [7, 11) is 0. The average molecular weight is 272 g/mol. The van der Waals surface area contributed by atoms with Crippen LogP contribution >= 0.6 is 0 Å². The third-order valence-electron chi connectivity index (χ3n) is 5.50. The lowest BCUT2D eigenvalue weighted by molar-refractivity contribution is 0.230. The van der Waals surface area contributed by atoms with Crippen LogP contribution in [0.25, 0.3) is 0 Å². The third kappa shape index (κ3) is 2.26. The number of hydrogen-bond donors (Lipinski definition) is 3. The zero-order chi connectivity index (χ0) is 13.4. The molecule has 2 saturated heterocycles. The molecule has 3 heterocycles. The van der Waals surface area contributed by atoms with Crippen molar-refractivity contribution in [3.05, 3.63) is 30.1 Å². The predicted molar refractivity (Wildman–Crippen MR) is 78.9 cm³/mol. The Balaban J connectivity index is 1.50. The second kappa shape index (κ2) is 5.43. The van der Waals surface area contributed by atoms with Crippen LogP contribution in [0.1, 0.15) is 43.7 Å². The Kier molecular flexibility index (Phi) is 3.46. The molecule has 1 aromatic rings. The monoisotopic (exact) mass is 272 g/mol. The van der Waals surface area contributed by atoms with Crippen LogP contribution in [-0.4, -0.2) is 23.6 Å². The van der Waals surface area contributed by atoms with Crippen molar-refractivity contribution in [2.45, 2.75) is 50.2 Å². The summed E-state index contributed by atoms with van der Waals surface area (Å²) in [6, 6.07) is 5.97. The van der Waals surface area contributed by atoms with Gasteiger partial charge in [-0.15, -0.1) is 0 Å². The zero-order valence-electron chi connectivity index (χ0n) is 11.9. The lowest BCUT2D eigenvalue weighted by Gasteiger charge is -2.36. The van der Waals surface area contributed by atoms with E-state index in [-0.39, 0.29) is 0 Å². The van der Waals surface area contributed by atoms with E-state index in [1.54, 1.807) is 0 Å². The van der Waals surface area contributed by atoms with Crippen LogP contribution in [0.4, 0.5) is 0 Å². The summed E-state index contributed by atoms with van der Waals surface area (Å²) in [5.74, 6) is 1.63. The number of piperidine rings is 1. The molecule has 4 unspecified atom stereocenters. The van der Waals surface area contributed by atoms with Crippen LogP contribution in [0.5, 0.6) is 0 Å². The largest absolute Gasteiger partial charge is 0.308 e. The van der Waals surface area contributed by atoms with Crippen molar-refractivity contribution in [1.82, 2.24) is 21.2 Å². The number of hydrazine groups is 1. The molecular weight excluding hydrogens is 248 g/mol. The van der Waals surface area contributed by atoms with Crippen LogP contribution in [0.2, 0.25) is 0 Å². The Hall–Kier alpha value is -0.970. The van der Waals surface area contributed by atoms with Crippen molar-refractivity contribution in [2.24, 2.45) is 11.8 Å². The lowest BCUT2D eigenvalue weighted by Crippen LogP contribution is -2.47. The topological polar surface area (TPSA) is 49.0 Å². The standard InChI is InChI=1S/C16H24N4/c1-2-5-11(4-1)16-13-8-14(12-6-3-7-17-9-12)18-10-15(13)19-20-16/h3,6-7,9,11,13-16,18-20H,1-2,4-5,8,10H2. The SMILES string of the molecule is c1cncc(C2CC3C(CN2)NNC3C2CCCC2)c1. The Labute approximate surface area is 120 Å². The number of hydrogen-bond acceptors (Lipinski definition) is 4. The van der Waals surface area contributed by atoms with E-state index in [1.807, 2.05) is 18.5 Å². The normalized spacial score (nSPS) is 38.0. The van der Waals surface area contributed by atoms with E-state index in [1.165, 1.54) is 37.7 Å². The summed E-state index contributed by atoms with van der Waals surface area (Å²) >= 11 is 0. The van der Waals surface area contributed by atoms with E-state index >= 15 is 0 Å². The van der Waals surface area contributed by atoms with Crippen molar-refractivity contribution in [1.29, 1.82) is 0 Å². The van der Waals surface area contributed by atoms with Crippen molar-refractivity contribution >= 4 is 0 Å². The highest BCUT2D eigenvalue weighted by Crippen LogP contribution is 2.38. The summed E-state index contributed by atoms with van der Waals surface area (Å²) in [5, 5.41) is 3.68. The number of aromatic nitrogens is 1. The number of nitrogens with zero attached hydrogens (tertiary/aromatic N) is 1. The molecular formula is C16H24N4. The first kappa shape index (κ1) is 12.7. The molecule has 2 aliphatic heterocycles. The number of nitrogens with one attached hydrogen (secondary N) is 3. The fraction of sp³-hybridized carbons (Fsp3) is 0.688. The van der Waals surface area contributed by atoms with E-state index in [4.69, 9.17) is 0 Å². The van der Waals surface area contributed by atoms with Crippen LogP contribution < -0.4 is 16.2 Å². The van der Waals surface area contributed by atoms with E-state index in [0.29, 0.717) is 18.1 Å². The third-order valence-corrected chi connectivity index (χ3v) is 5.50. The molecule has 1 saturated carbocycles. The molecule has 20 heavy (non-hydrogen) atoms. The van der Waals surface area contributed by atoms with Crippen LogP contribution in [0, 0.1) is 11.8 Å². The molecule has 108 valence electrons. The van der Waals surface area contributed by atoms with Gasteiger partial charge in [0.05, 0.1) is 0 Å². The van der Waals surface area contributed by atoms with Gasteiger partial charge in [0, 0.05) is 37.1 Å². The number of rotatable bonds is 2. The first-order valence-corrected chi connectivity index (χ1v) is 8.06. The van der Waals surface area contributed by atoms with Crippen molar-refractivity contribution in [3.63, 3.8) is 0 Å². The zero-order valence-corrected chi connectivity index (χ0v) is 11.9. The molecule has 4 rings (SSSR count). The summed E-state index contributed by atoms with van der Waals surface area (Å²) in [4.78, 5) is 4.27. The quantitative estimate of drug-likeness (QED) is 0.768. The molecule has 0 radical (unpaired) electrons. The molecule has 4 atom stereocenters. The van der Waals surface area contributed by atoms with Gasteiger partial charge in [-0.25, -0.2) is 0 Å². The molecule has 0 spiro atoms. The van der Waals surface area contributed by atoms with Gasteiger partial charge in [0.15, 0.2) is 0 Å². The molecule has 0 bridgehead atoms. The van der Waals surface area contributed by atoms with Gasteiger partial charge in [0.25, 0.3) is 0 Å². The maximum Gasteiger partial charge on any atom is 0.0382 e. The highest BCUT2D eigenvalue weighted by atomic mass is 15.4. The first-order valence-electron chi connectivity index (χ1n) is 8.06. The van der Waals surface area contributed by atoms with E-state index in [0.717, 1.165) is 18.4 Å². The molecule has 4 heteroatoms. The summed E-state index contributed by atoms with van der Waals surface area (Å²) in [6.07, 6.45) is 10.8.